The van der Waals surface area contributed by atoms with Crippen molar-refractivity contribution in [2.45, 2.75) is 0 Å². The molecule has 158 valence electrons. The Balaban J connectivity index is 1.41. The van der Waals surface area contributed by atoms with Gasteiger partial charge in [0.1, 0.15) is 11.5 Å². The van der Waals surface area contributed by atoms with E-state index >= 15 is 0 Å². The molecular weight excluding hydrogens is 432 g/mol. The summed E-state index contributed by atoms with van der Waals surface area (Å²) in [7, 11) is 3.38. The Labute approximate surface area is 195 Å². The molecule has 0 saturated heterocycles. The maximum Gasteiger partial charge on any atom is 0.118 e. The third kappa shape index (κ3) is 4.33. The van der Waals surface area contributed by atoms with Gasteiger partial charge in [0.25, 0.3) is 0 Å². The van der Waals surface area contributed by atoms with Gasteiger partial charge in [-0.1, -0.05) is 48.6 Å². The molecule has 2 nitrogen and oxygen atoms in total. The molecule has 0 unspecified atom stereocenters. The lowest BCUT2D eigenvalue weighted by Crippen LogP contribution is -1.81. The van der Waals surface area contributed by atoms with Crippen LogP contribution in [0.1, 0.15) is 20.9 Å². The fourth-order valence-electron chi connectivity index (χ4n) is 3.58. The van der Waals surface area contributed by atoms with Crippen molar-refractivity contribution in [1.82, 2.24) is 0 Å². The highest BCUT2D eigenvalue weighted by Crippen LogP contribution is 2.38. The molecule has 3 aromatic carbocycles. The zero-order chi connectivity index (χ0) is 21.9. The Hall–Kier alpha value is -3.34. The number of ether oxygens (including phenoxy) is 2. The molecule has 0 aliphatic rings. The molecule has 32 heavy (non-hydrogen) atoms. The first-order chi connectivity index (χ1) is 15.7. The van der Waals surface area contributed by atoms with Crippen LogP contribution in [0, 0.1) is 0 Å². The maximum absolute atomic E-state index is 5.24. The van der Waals surface area contributed by atoms with E-state index in [1.807, 2.05) is 46.9 Å². The van der Waals surface area contributed by atoms with Crippen molar-refractivity contribution < 1.29 is 9.47 Å². The molecule has 0 aliphatic heterocycles. The summed E-state index contributed by atoms with van der Waals surface area (Å²) >= 11 is 3.69. The molecule has 0 radical (unpaired) electrons. The van der Waals surface area contributed by atoms with E-state index in [2.05, 4.69) is 72.8 Å². The smallest absolute Gasteiger partial charge is 0.118 e. The summed E-state index contributed by atoms with van der Waals surface area (Å²) < 4.78 is 13.2. The normalized spacial score (nSPS) is 11.8. The Morgan fingerprint density at radius 2 is 0.938 bits per heavy atom. The molecule has 0 bridgehead atoms. The molecule has 0 aliphatic carbocycles. The molecule has 0 fully saturated rings. The standard InChI is InChI=1S/C28H22O2S2/c1-29-23-11-3-19(4-12-23)7-15-25-17-21-9-10-22-18-26(32-28(22)27(21)31-25)16-8-20-5-13-24(30-2)14-6-20/h3-18H,1-2H3/b15-7+,16-8+. The van der Waals surface area contributed by atoms with E-state index in [-0.39, 0.29) is 0 Å². The van der Waals surface area contributed by atoms with Crippen molar-refractivity contribution in [1.29, 1.82) is 0 Å². The fraction of sp³-hybridized carbons (Fsp3) is 0.0714. The maximum atomic E-state index is 5.24. The van der Waals surface area contributed by atoms with E-state index in [9.17, 15) is 0 Å². The van der Waals surface area contributed by atoms with Crippen molar-refractivity contribution in [3.8, 4) is 11.5 Å². The molecule has 0 N–H and O–H groups in total. The van der Waals surface area contributed by atoms with Crippen LogP contribution in [0.15, 0.2) is 72.8 Å². The van der Waals surface area contributed by atoms with Crippen molar-refractivity contribution >= 4 is 67.1 Å². The van der Waals surface area contributed by atoms with Gasteiger partial charge in [0.15, 0.2) is 0 Å². The van der Waals surface area contributed by atoms with Crippen LogP contribution in [0.5, 0.6) is 11.5 Å². The largest absolute Gasteiger partial charge is 0.497 e. The third-order valence-electron chi connectivity index (χ3n) is 5.32. The first kappa shape index (κ1) is 20.6. The minimum absolute atomic E-state index is 0.876. The summed E-state index contributed by atoms with van der Waals surface area (Å²) in [5.74, 6) is 1.75. The van der Waals surface area contributed by atoms with E-state index in [1.165, 1.54) is 29.9 Å². The Kier molecular flexibility index (Phi) is 5.80. The summed E-state index contributed by atoms with van der Waals surface area (Å²) in [4.78, 5) is 2.51. The van der Waals surface area contributed by atoms with Crippen molar-refractivity contribution in [3.05, 3.63) is 93.7 Å². The van der Waals surface area contributed by atoms with Crippen LogP contribution in [0.4, 0.5) is 0 Å². The number of thiophene rings is 2. The third-order valence-corrected chi connectivity index (χ3v) is 7.72. The highest BCUT2D eigenvalue weighted by Gasteiger charge is 2.08. The molecule has 5 aromatic rings. The van der Waals surface area contributed by atoms with Crippen molar-refractivity contribution in [2.75, 3.05) is 14.2 Å². The number of fused-ring (bicyclic) bond motifs is 3. The van der Waals surface area contributed by atoms with E-state index < -0.39 is 0 Å². The first-order valence-electron chi connectivity index (χ1n) is 10.3. The van der Waals surface area contributed by atoms with Gasteiger partial charge in [0, 0.05) is 9.75 Å². The predicted molar refractivity (Wildman–Crippen MR) is 141 cm³/mol. The lowest BCUT2D eigenvalue weighted by Gasteiger charge is -1.98. The average Bonchev–Trinajstić information content (AvgIpc) is 3.45. The van der Waals surface area contributed by atoms with Gasteiger partial charge in [-0.2, -0.15) is 0 Å². The molecule has 0 amide bonds. The molecular formula is C28H22O2S2. The lowest BCUT2D eigenvalue weighted by molar-refractivity contribution is 0.414. The van der Waals surface area contributed by atoms with Gasteiger partial charge in [-0.3, -0.25) is 0 Å². The highest BCUT2D eigenvalue weighted by atomic mass is 32.1. The van der Waals surface area contributed by atoms with Crippen LogP contribution < -0.4 is 9.47 Å². The number of methoxy groups -OCH3 is 2. The molecule has 0 spiro atoms. The Bertz CT molecular complexity index is 1310. The minimum atomic E-state index is 0.876. The second-order valence-electron chi connectivity index (χ2n) is 7.41. The Morgan fingerprint density at radius 1 is 0.531 bits per heavy atom. The Morgan fingerprint density at radius 3 is 1.31 bits per heavy atom. The van der Waals surface area contributed by atoms with E-state index in [0.29, 0.717) is 0 Å². The summed E-state index contributed by atoms with van der Waals surface area (Å²) in [6, 6.07) is 25.2. The summed E-state index contributed by atoms with van der Waals surface area (Å²) in [6.07, 6.45) is 8.68. The zero-order valence-electron chi connectivity index (χ0n) is 17.9. The van der Waals surface area contributed by atoms with E-state index in [0.717, 1.165) is 22.6 Å². The number of hydrogen-bond acceptors (Lipinski definition) is 4. The van der Waals surface area contributed by atoms with Crippen LogP contribution in [0.2, 0.25) is 0 Å². The van der Waals surface area contributed by atoms with Crippen LogP contribution in [0.25, 0.3) is 44.5 Å². The van der Waals surface area contributed by atoms with Crippen molar-refractivity contribution in [3.63, 3.8) is 0 Å². The summed E-state index contributed by atoms with van der Waals surface area (Å²) in [5.41, 5.74) is 2.32. The SMILES string of the molecule is COc1ccc(/C=C/c2cc3ccc4cc(/C=C/c5ccc(OC)cc5)sc4c3s2)cc1. The van der Waals surface area contributed by atoms with E-state index in [4.69, 9.17) is 9.47 Å². The number of rotatable bonds is 6. The number of hydrogen-bond donors (Lipinski definition) is 0. The number of benzene rings is 3. The molecule has 0 saturated carbocycles. The van der Waals surface area contributed by atoms with E-state index in [1.54, 1.807) is 14.2 Å². The topological polar surface area (TPSA) is 18.5 Å². The summed E-state index contributed by atoms with van der Waals surface area (Å²) in [5, 5.41) is 2.59. The second kappa shape index (κ2) is 9.03. The van der Waals surface area contributed by atoms with Crippen molar-refractivity contribution in [2.24, 2.45) is 0 Å². The van der Waals surface area contributed by atoms with Crippen LogP contribution in [-0.4, -0.2) is 14.2 Å². The quantitative estimate of drug-likeness (QED) is 0.256. The first-order valence-corrected chi connectivity index (χ1v) is 12.0. The van der Waals surface area contributed by atoms with Gasteiger partial charge in [-0.05, 0) is 70.4 Å². The van der Waals surface area contributed by atoms with Gasteiger partial charge >= 0.3 is 0 Å². The van der Waals surface area contributed by atoms with Gasteiger partial charge in [-0.15, -0.1) is 22.7 Å². The van der Waals surface area contributed by atoms with Gasteiger partial charge in [-0.25, -0.2) is 0 Å². The van der Waals surface area contributed by atoms with Gasteiger partial charge in [0.2, 0.25) is 0 Å². The minimum Gasteiger partial charge on any atom is -0.497 e. The zero-order valence-corrected chi connectivity index (χ0v) is 19.5. The molecule has 2 heterocycles. The van der Waals surface area contributed by atoms with Crippen LogP contribution >= 0.6 is 22.7 Å². The summed E-state index contributed by atoms with van der Waals surface area (Å²) in [6.45, 7) is 0. The van der Waals surface area contributed by atoms with Crippen LogP contribution in [-0.2, 0) is 0 Å². The molecule has 5 rings (SSSR count). The predicted octanol–water partition coefficient (Wildman–Crippen LogP) is 8.47. The molecule has 0 atom stereocenters. The van der Waals surface area contributed by atoms with Crippen LogP contribution in [0.3, 0.4) is 0 Å². The van der Waals surface area contributed by atoms with Gasteiger partial charge in [0.05, 0.1) is 23.6 Å². The monoisotopic (exact) mass is 454 g/mol. The molecule has 2 aromatic heterocycles. The average molecular weight is 455 g/mol. The lowest BCUT2D eigenvalue weighted by atomic mass is 10.1. The molecule has 4 heteroatoms. The fourth-order valence-corrected chi connectivity index (χ4v) is 5.86. The van der Waals surface area contributed by atoms with Gasteiger partial charge < -0.3 is 9.47 Å². The highest BCUT2D eigenvalue weighted by molar-refractivity contribution is 7.28. The second-order valence-corrected chi connectivity index (χ2v) is 9.58.